The highest BCUT2D eigenvalue weighted by Gasteiger charge is 2.55. The molecule has 0 bridgehead atoms. The van der Waals surface area contributed by atoms with Gasteiger partial charge in [-0.2, -0.15) is 0 Å². The first-order chi connectivity index (χ1) is 7.38. The lowest BCUT2D eigenvalue weighted by molar-refractivity contribution is 0.181. The summed E-state index contributed by atoms with van der Waals surface area (Å²) in [6.07, 6.45) is 0. The maximum absolute atomic E-state index is 6.19. The predicted molar refractivity (Wildman–Crippen MR) is 65.9 cm³/mol. The minimum absolute atomic E-state index is 0.0311. The van der Waals surface area contributed by atoms with Crippen LogP contribution >= 0.6 is 18.5 Å². The SMILES string of the molecule is CC(C)(C)CO[P+]1(Cl)Oc2ccccc2O1. The molecule has 5 heteroatoms. The third kappa shape index (κ3) is 2.79. The summed E-state index contributed by atoms with van der Waals surface area (Å²) in [5, 5.41) is 0. The molecule has 88 valence electrons. The van der Waals surface area contributed by atoms with Crippen LogP contribution in [0.4, 0.5) is 0 Å². The van der Waals surface area contributed by atoms with Crippen molar-refractivity contribution in [2.45, 2.75) is 20.8 Å². The van der Waals surface area contributed by atoms with Crippen molar-refractivity contribution in [3.05, 3.63) is 24.3 Å². The van der Waals surface area contributed by atoms with E-state index in [0.29, 0.717) is 18.1 Å². The summed E-state index contributed by atoms with van der Waals surface area (Å²) in [6, 6.07) is 7.39. The van der Waals surface area contributed by atoms with Crippen molar-refractivity contribution >= 4 is 18.5 Å². The van der Waals surface area contributed by atoms with Crippen LogP contribution in [0.5, 0.6) is 11.5 Å². The van der Waals surface area contributed by atoms with E-state index in [-0.39, 0.29) is 5.41 Å². The Morgan fingerprint density at radius 1 is 1.19 bits per heavy atom. The van der Waals surface area contributed by atoms with Crippen LogP contribution in [0.2, 0.25) is 0 Å². The van der Waals surface area contributed by atoms with Gasteiger partial charge in [0.1, 0.15) is 6.61 Å². The number of hydrogen-bond donors (Lipinski definition) is 0. The molecule has 0 aliphatic carbocycles. The molecule has 0 N–H and O–H groups in total. The van der Waals surface area contributed by atoms with Gasteiger partial charge in [-0.25, -0.2) is 0 Å². The Morgan fingerprint density at radius 3 is 2.12 bits per heavy atom. The number of halogens is 1. The fourth-order valence-electron chi connectivity index (χ4n) is 1.18. The van der Waals surface area contributed by atoms with E-state index >= 15 is 0 Å². The van der Waals surface area contributed by atoms with Gasteiger partial charge in [-0.3, -0.25) is 9.05 Å². The molecule has 16 heavy (non-hydrogen) atoms. The summed E-state index contributed by atoms with van der Waals surface area (Å²) < 4.78 is 16.6. The van der Waals surface area contributed by atoms with E-state index in [0.717, 1.165) is 0 Å². The molecule has 1 heterocycles. The van der Waals surface area contributed by atoms with Crippen molar-refractivity contribution in [3.8, 4) is 11.5 Å². The molecule has 0 amide bonds. The van der Waals surface area contributed by atoms with E-state index in [4.69, 9.17) is 24.8 Å². The summed E-state index contributed by atoms with van der Waals surface area (Å²) in [4.78, 5) is 0. The minimum atomic E-state index is -2.73. The van der Waals surface area contributed by atoms with Crippen LogP contribution in [0.25, 0.3) is 0 Å². The summed E-state index contributed by atoms with van der Waals surface area (Å²) >= 11 is 6.19. The Hall–Kier alpha value is -0.500. The molecule has 3 nitrogen and oxygen atoms in total. The molecule has 0 unspecified atom stereocenters. The van der Waals surface area contributed by atoms with Crippen molar-refractivity contribution in [3.63, 3.8) is 0 Å². The number of fused-ring (bicyclic) bond motifs is 1. The van der Waals surface area contributed by atoms with Crippen molar-refractivity contribution in [2.75, 3.05) is 6.61 Å². The smallest absolute Gasteiger partial charge is 0.260 e. The fraction of sp³-hybridized carbons (Fsp3) is 0.455. The molecule has 0 radical (unpaired) electrons. The summed E-state index contributed by atoms with van der Waals surface area (Å²) in [5.41, 5.74) is 0.0311. The second-order valence-corrected chi connectivity index (χ2v) is 7.62. The first kappa shape index (κ1) is 12.0. The molecule has 1 aliphatic rings. The second-order valence-electron chi connectivity index (χ2n) is 4.89. The number of para-hydroxylation sites is 2. The van der Waals surface area contributed by atoms with E-state index in [2.05, 4.69) is 20.8 Å². The van der Waals surface area contributed by atoms with Crippen molar-refractivity contribution in [1.29, 1.82) is 0 Å². The lowest BCUT2D eigenvalue weighted by Gasteiger charge is -2.17. The molecule has 0 aromatic heterocycles. The van der Waals surface area contributed by atoms with Gasteiger partial charge < -0.3 is 0 Å². The van der Waals surface area contributed by atoms with Crippen LogP contribution in [0.1, 0.15) is 20.8 Å². The molecule has 0 saturated heterocycles. The zero-order valence-electron chi connectivity index (χ0n) is 9.57. The minimum Gasteiger partial charge on any atom is -0.260 e. The lowest BCUT2D eigenvalue weighted by atomic mass is 9.99. The molecule has 1 aromatic carbocycles. The van der Waals surface area contributed by atoms with Gasteiger partial charge >= 0.3 is 7.30 Å². The normalized spacial score (nSPS) is 17.5. The maximum atomic E-state index is 6.19. The first-order valence-corrected chi connectivity index (χ1v) is 7.54. The highest BCUT2D eigenvalue weighted by atomic mass is 35.7. The number of hydrogen-bond acceptors (Lipinski definition) is 3. The number of benzene rings is 1. The van der Waals surface area contributed by atoms with Crippen molar-refractivity contribution in [1.82, 2.24) is 0 Å². The Bertz CT molecular complexity index is 364. The third-order valence-corrected chi connectivity index (χ3v) is 3.89. The maximum Gasteiger partial charge on any atom is 0.614 e. The zero-order chi connectivity index (χ0) is 11.8. The third-order valence-electron chi connectivity index (χ3n) is 1.92. The zero-order valence-corrected chi connectivity index (χ0v) is 11.2. The van der Waals surface area contributed by atoms with Gasteiger partial charge in [0.25, 0.3) is 0 Å². The van der Waals surface area contributed by atoms with Crippen LogP contribution < -0.4 is 9.05 Å². The van der Waals surface area contributed by atoms with Crippen LogP contribution in [-0.4, -0.2) is 6.61 Å². The van der Waals surface area contributed by atoms with E-state index < -0.39 is 7.30 Å². The van der Waals surface area contributed by atoms with Gasteiger partial charge in [-0.15, -0.1) is 4.52 Å². The van der Waals surface area contributed by atoms with Gasteiger partial charge in [-0.1, -0.05) is 32.9 Å². The van der Waals surface area contributed by atoms with Gasteiger partial charge in [0, 0.05) is 0 Å². The average molecular weight is 262 g/mol. The summed E-state index contributed by atoms with van der Waals surface area (Å²) in [6.45, 7) is 6.70. The Morgan fingerprint density at radius 2 is 1.69 bits per heavy atom. The monoisotopic (exact) mass is 261 g/mol. The first-order valence-electron chi connectivity index (χ1n) is 5.09. The molecule has 0 spiro atoms. The van der Waals surface area contributed by atoms with Gasteiger partial charge in [0.05, 0.1) is 0 Å². The van der Waals surface area contributed by atoms with Gasteiger partial charge in [-0.05, 0) is 17.5 Å². The van der Waals surface area contributed by atoms with Crippen LogP contribution in [0, 0.1) is 5.41 Å². The standard InChI is InChI=1S/C11H15ClO3P/c1-11(2,3)8-13-16(12)14-9-6-4-5-7-10(9)15-16/h4-7H,8H2,1-3H3/q+1. The van der Waals surface area contributed by atoms with Crippen molar-refractivity contribution in [2.24, 2.45) is 5.41 Å². The predicted octanol–water partition coefficient (Wildman–Crippen LogP) is 4.44. The molecule has 2 rings (SSSR count). The highest BCUT2D eigenvalue weighted by molar-refractivity contribution is 7.88. The van der Waals surface area contributed by atoms with Crippen LogP contribution in [0.15, 0.2) is 24.3 Å². The van der Waals surface area contributed by atoms with Crippen LogP contribution in [-0.2, 0) is 4.52 Å². The molecule has 1 aromatic rings. The van der Waals surface area contributed by atoms with E-state index in [1.165, 1.54) is 0 Å². The largest absolute Gasteiger partial charge is 0.614 e. The van der Waals surface area contributed by atoms with Crippen LogP contribution in [0.3, 0.4) is 0 Å². The summed E-state index contributed by atoms with van der Waals surface area (Å²) in [7, 11) is -2.73. The summed E-state index contributed by atoms with van der Waals surface area (Å²) in [5.74, 6) is 1.31. The lowest BCUT2D eigenvalue weighted by Crippen LogP contribution is -2.15. The molecule has 0 fully saturated rings. The molecule has 0 saturated carbocycles. The fourth-order valence-corrected chi connectivity index (χ4v) is 3.23. The number of rotatable bonds is 2. The van der Waals surface area contributed by atoms with E-state index in [9.17, 15) is 0 Å². The molecule has 1 aliphatic heterocycles. The Labute approximate surface area is 101 Å². The van der Waals surface area contributed by atoms with Gasteiger partial charge in [0.2, 0.25) is 22.7 Å². The van der Waals surface area contributed by atoms with E-state index in [1.54, 1.807) is 0 Å². The average Bonchev–Trinajstić information content (AvgIpc) is 2.51. The molecular formula is C11H15ClO3P+. The topological polar surface area (TPSA) is 27.7 Å². The Kier molecular flexibility index (Phi) is 3.04. The molecule has 0 atom stereocenters. The quantitative estimate of drug-likeness (QED) is 0.737. The second kappa shape index (κ2) is 4.06. The van der Waals surface area contributed by atoms with E-state index in [1.807, 2.05) is 24.3 Å². The van der Waals surface area contributed by atoms with Crippen molar-refractivity contribution < 1.29 is 13.6 Å². The Balaban J connectivity index is 2.03. The van der Waals surface area contributed by atoms with Gasteiger partial charge in [0.15, 0.2) is 0 Å². The molecular weight excluding hydrogens is 247 g/mol. The highest BCUT2D eigenvalue weighted by Crippen LogP contribution is 2.71.